The van der Waals surface area contributed by atoms with Gasteiger partial charge in [-0.25, -0.2) is 12.7 Å². The van der Waals surface area contributed by atoms with Crippen molar-refractivity contribution in [2.75, 3.05) is 31.2 Å². The number of benzene rings is 1. The molecule has 2 unspecified atom stereocenters. The molecule has 7 heteroatoms. The topological polar surface area (TPSA) is 92.9 Å². The smallest absolute Gasteiger partial charge is 0.217 e. The molecule has 2 rings (SSSR count). The molecule has 0 spiro atoms. The van der Waals surface area contributed by atoms with Crippen molar-refractivity contribution in [1.82, 2.24) is 4.31 Å². The molecule has 1 aromatic rings. The fraction of sp³-hybridized carbons (Fsp3) is 0.571. The van der Waals surface area contributed by atoms with Gasteiger partial charge in [0.05, 0.1) is 11.9 Å². The molecule has 0 bridgehead atoms. The van der Waals surface area contributed by atoms with E-state index >= 15 is 0 Å². The molecular weight excluding hydrogens is 292 g/mol. The van der Waals surface area contributed by atoms with Gasteiger partial charge < -0.3 is 15.6 Å². The number of aliphatic hydroxyl groups is 1. The van der Waals surface area contributed by atoms with E-state index in [1.54, 1.807) is 31.2 Å². The Hall–Kier alpha value is -1.31. The second-order valence-electron chi connectivity index (χ2n) is 5.38. The lowest BCUT2D eigenvalue weighted by Crippen LogP contribution is -2.34. The zero-order chi connectivity index (χ0) is 15.5. The molecule has 1 heterocycles. The third-order valence-corrected chi connectivity index (χ3v) is 5.53. The first-order valence-electron chi connectivity index (χ1n) is 7.03. The molecule has 0 saturated carbocycles. The van der Waals surface area contributed by atoms with Gasteiger partial charge in [-0.1, -0.05) is 6.07 Å². The van der Waals surface area contributed by atoms with Crippen molar-refractivity contribution in [2.24, 2.45) is 5.92 Å². The Morgan fingerprint density at radius 3 is 2.90 bits per heavy atom. The van der Waals surface area contributed by atoms with E-state index in [0.717, 1.165) is 0 Å². The molecule has 0 radical (unpaired) electrons. The van der Waals surface area contributed by atoms with Crippen LogP contribution in [-0.4, -0.2) is 49.4 Å². The lowest BCUT2D eigenvalue weighted by molar-refractivity contribution is 0.133. The highest BCUT2D eigenvalue weighted by Gasteiger charge is 2.33. The summed E-state index contributed by atoms with van der Waals surface area (Å²) in [6.45, 7) is 2.64. The van der Waals surface area contributed by atoms with Gasteiger partial charge in [0, 0.05) is 24.8 Å². The summed E-state index contributed by atoms with van der Waals surface area (Å²) in [5, 5.41) is 9.53. The van der Waals surface area contributed by atoms with Crippen LogP contribution in [0.4, 0.5) is 5.69 Å². The minimum atomic E-state index is -3.34. The number of sulfonamides is 1. The molecule has 3 N–H and O–H groups in total. The lowest BCUT2D eigenvalue weighted by Gasteiger charge is -2.17. The third kappa shape index (κ3) is 4.33. The number of aliphatic hydroxyl groups excluding tert-OH is 1. The maximum Gasteiger partial charge on any atom is 0.217 e. The Morgan fingerprint density at radius 2 is 2.29 bits per heavy atom. The fourth-order valence-corrected chi connectivity index (χ4v) is 3.75. The van der Waals surface area contributed by atoms with Crippen LogP contribution in [0.3, 0.4) is 0 Å². The second-order valence-corrected chi connectivity index (χ2v) is 7.47. The van der Waals surface area contributed by atoms with Gasteiger partial charge in [0.15, 0.2) is 0 Å². The number of nitrogens with two attached hydrogens (primary N) is 1. The molecule has 1 aliphatic heterocycles. The summed E-state index contributed by atoms with van der Waals surface area (Å²) >= 11 is 0. The predicted octanol–water partition coefficient (Wildman–Crippen LogP) is 0.680. The average molecular weight is 314 g/mol. The second kappa shape index (κ2) is 6.64. The van der Waals surface area contributed by atoms with Gasteiger partial charge in [0.1, 0.15) is 12.4 Å². The number of hydrogen-bond acceptors (Lipinski definition) is 5. The number of hydrogen-bond donors (Lipinski definition) is 2. The van der Waals surface area contributed by atoms with Crippen molar-refractivity contribution < 1.29 is 18.3 Å². The van der Waals surface area contributed by atoms with Gasteiger partial charge in [-0.2, -0.15) is 0 Å². The maximum atomic E-state index is 12.2. The minimum Gasteiger partial charge on any atom is -0.492 e. The summed E-state index contributed by atoms with van der Waals surface area (Å²) in [4.78, 5) is 0. The van der Waals surface area contributed by atoms with Crippen LogP contribution in [0.5, 0.6) is 5.75 Å². The highest BCUT2D eigenvalue weighted by molar-refractivity contribution is 7.89. The Bertz CT molecular complexity index is 574. The van der Waals surface area contributed by atoms with Crippen LogP contribution in [0.15, 0.2) is 24.3 Å². The number of anilines is 1. The van der Waals surface area contributed by atoms with Gasteiger partial charge in [0.25, 0.3) is 0 Å². The molecule has 1 fully saturated rings. The Balaban J connectivity index is 1.85. The molecule has 21 heavy (non-hydrogen) atoms. The Morgan fingerprint density at radius 1 is 1.52 bits per heavy atom. The van der Waals surface area contributed by atoms with Crippen molar-refractivity contribution in [3.8, 4) is 5.75 Å². The predicted molar refractivity (Wildman–Crippen MR) is 81.5 cm³/mol. The van der Waals surface area contributed by atoms with Crippen LogP contribution < -0.4 is 10.5 Å². The average Bonchev–Trinajstić information content (AvgIpc) is 2.89. The van der Waals surface area contributed by atoms with Crippen molar-refractivity contribution in [3.63, 3.8) is 0 Å². The summed E-state index contributed by atoms with van der Waals surface area (Å²) in [5.41, 5.74) is 6.21. The first-order valence-corrected chi connectivity index (χ1v) is 8.63. The monoisotopic (exact) mass is 314 g/mol. The highest BCUT2D eigenvalue weighted by Crippen LogP contribution is 2.22. The Kier molecular flexibility index (Phi) is 5.08. The Labute approximate surface area is 125 Å². The fourth-order valence-electron chi connectivity index (χ4n) is 2.40. The van der Waals surface area contributed by atoms with Gasteiger partial charge in [-0.15, -0.1) is 0 Å². The number of ether oxygens (including phenoxy) is 1. The van der Waals surface area contributed by atoms with E-state index in [-0.39, 0.29) is 18.3 Å². The van der Waals surface area contributed by atoms with Crippen LogP contribution in [-0.2, 0) is 10.0 Å². The zero-order valence-corrected chi connectivity index (χ0v) is 12.9. The van der Waals surface area contributed by atoms with Crippen molar-refractivity contribution in [2.45, 2.75) is 19.4 Å². The molecule has 0 aliphatic carbocycles. The van der Waals surface area contributed by atoms with Gasteiger partial charge in [-0.3, -0.25) is 0 Å². The number of rotatable bonds is 6. The molecule has 6 nitrogen and oxygen atoms in total. The number of nitrogens with zero attached hydrogens (tertiary/aromatic N) is 1. The van der Waals surface area contributed by atoms with Crippen molar-refractivity contribution in [1.29, 1.82) is 0 Å². The van der Waals surface area contributed by atoms with E-state index in [9.17, 15) is 13.5 Å². The summed E-state index contributed by atoms with van der Waals surface area (Å²) in [6.07, 6.45) is 0.223. The zero-order valence-electron chi connectivity index (χ0n) is 12.1. The highest BCUT2D eigenvalue weighted by atomic mass is 32.2. The number of nitrogen functional groups attached to an aromatic ring is 1. The van der Waals surface area contributed by atoms with Crippen LogP contribution in [0.25, 0.3) is 0 Å². The van der Waals surface area contributed by atoms with Crippen LogP contribution in [0, 0.1) is 5.92 Å². The molecule has 1 aliphatic rings. The van der Waals surface area contributed by atoms with E-state index in [0.29, 0.717) is 30.9 Å². The molecule has 0 aromatic heterocycles. The van der Waals surface area contributed by atoms with E-state index in [2.05, 4.69) is 0 Å². The van der Waals surface area contributed by atoms with E-state index in [4.69, 9.17) is 10.5 Å². The van der Waals surface area contributed by atoms with E-state index in [1.165, 1.54) is 4.31 Å². The molecule has 118 valence electrons. The molecule has 1 saturated heterocycles. The lowest BCUT2D eigenvalue weighted by atomic mass is 10.0. The van der Waals surface area contributed by atoms with Crippen molar-refractivity contribution >= 4 is 15.7 Å². The molecule has 2 atom stereocenters. The largest absolute Gasteiger partial charge is 0.492 e. The van der Waals surface area contributed by atoms with Crippen LogP contribution in [0.1, 0.15) is 13.3 Å². The minimum absolute atomic E-state index is 0.0228. The third-order valence-electron chi connectivity index (χ3n) is 3.73. The molecular formula is C14H22N2O4S. The first-order chi connectivity index (χ1) is 9.88. The summed E-state index contributed by atoms with van der Waals surface area (Å²) in [6, 6.07) is 6.89. The quantitative estimate of drug-likeness (QED) is 0.753. The summed E-state index contributed by atoms with van der Waals surface area (Å²) in [5.74, 6) is 0.511. The normalized spacial score (nSPS) is 21.3. The van der Waals surface area contributed by atoms with Gasteiger partial charge >= 0.3 is 0 Å². The van der Waals surface area contributed by atoms with Crippen LogP contribution >= 0.6 is 0 Å². The standard InChI is InChI=1S/C14H22N2O4S/c1-11(17)12-5-6-16(10-12)21(18,19)8-7-20-14-4-2-3-13(15)9-14/h2-4,9,11-12,17H,5-8,10,15H2,1H3. The van der Waals surface area contributed by atoms with E-state index in [1.807, 2.05) is 0 Å². The molecule has 0 amide bonds. The summed E-state index contributed by atoms with van der Waals surface area (Å²) in [7, 11) is -3.34. The SMILES string of the molecule is CC(O)C1CCN(S(=O)(=O)CCOc2cccc(N)c2)C1. The maximum absolute atomic E-state index is 12.2. The van der Waals surface area contributed by atoms with Gasteiger partial charge in [0.2, 0.25) is 10.0 Å². The van der Waals surface area contributed by atoms with Gasteiger partial charge in [-0.05, 0) is 31.4 Å². The van der Waals surface area contributed by atoms with E-state index < -0.39 is 16.1 Å². The summed E-state index contributed by atoms with van der Waals surface area (Å²) < 4.78 is 31.3. The van der Waals surface area contributed by atoms with Crippen LogP contribution in [0.2, 0.25) is 0 Å². The molecule has 1 aromatic carbocycles. The van der Waals surface area contributed by atoms with Crippen molar-refractivity contribution in [3.05, 3.63) is 24.3 Å². The first kappa shape index (κ1) is 16.1.